The fourth-order valence-electron chi connectivity index (χ4n) is 2.77. The third kappa shape index (κ3) is 3.59. The third-order valence-corrected chi connectivity index (χ3v) is 3.87. The fourth-order valence-corrected chi connectivity index (χ4v) is 2.77. The second-order valence-corrected chi connectivity index (χ2v) is 5.47. The maximum atomic E-state index is 12.5. The largest absolute Gasteiger partial charge is 0.339 e. The number of nitrogens with zero attached hydrogens (tertiary/aromatic N) is 1. The zero-order chi connectivity index (χ0) is 14.5. The van der Waals surface area contributed by atoms with E-state index >= 15 is 0 Å². The number of amides is 2. The fraction of sp³-hybridized carbons (Fsp3) is 0.500. The number of nitrogens with one attached hydrogen (secondary N) is 1. The molecule has 1 aliphatic rings. The maximum Gasteiger partial charge on any atom is 0.253 e. The predicted molar refractivity (Wildman–Crippen MR) is 79.7 cm³/mol. The van der Waals surface area contributed by atoms with E-state index in [2.05, 4.69) is 5.32 Å². The van der Waals surface area contributed by atoms with E-state index in [9.17, 15) is 9.59 Å². The van der Waals surface area contributed by atoms with E-state index in [1.165, 1.54) is 26.2 Å². The molecule has 0 bridgehead atoms. The minimum Gasteiger partial charge on any atom is -0.339 e. The molecule has 0 aliphatic heterocycles. The molecule has 0 radical (unpaired) electrons. The quantitative estimate of drug-likeness (QED) is 0.921. The van der Waals surface area contributed by atoms with E-state index in [4.69, 9.17) is 0 Å². The monoisotopic (exact) mass is 274 g/mol. The lowest BCUT2D eigenvalue weighted by Crippen LogP contribution is -2.38. The molecule has 1 fully saturated rings. The van der Waals surface area contributed by atoms with Crippen molar-refractivity contribution in [2.45, 2.75) is 45.1 Å². The molecule has 0 atom stereocenters. The highest BCUT2D eigenvalue weighted by molar-refractivity contribution is 5.96. The van der Waals surface area contributed by atoms with Crippen LogP contribution in [0.3, 0.4) is 0 Å². The lowest BCUT2D eigenvalue weighted by Gasteiger charge is -2.31. The first-order chi connectivity index (χ1) is 9.58. The molecule has 0 saturated heterocycles. The first-order valence-corrected chi connectivity index (χ1v) is 7.23. The first kappa shape index (κ1) is 14.6. The topological polar surface area (TPSA) is 49.4 Å². The highest BCUT2D eigenvalue weighted by Crippen LogP contribution is 2.23. The molecule has 1 N–H and O–H groups in total. The average Bonchev–Trinajstić information content (AvgIpc) is 2.46. The molecule has 1 aromatic rings. The number of rotatable bonds is 3. The number of benzene rings is 1. The van der Waals surface area contributed by atoms with Crippen molar-refractivity contribution in [3.63, 3.8) is 0 Å². The van der Waals surface area contributed by atoms with Gasteiger partial charge in [0.05, 0.1) is 0 Å². The smallest absolute Gasteiger partial charge is 0.253 e. The lowest BCUT2D eigenvalue weighted by molar-refractivity contribution is -0.114. The van der Waals surface area contributed by atoms with Crippen molar-refractivity contribution in [3.8, 4) is 0 Å². The molecule has 0 aromatic heterocycles. The Morgan fingerprint density at radius 3 is 2.55 bits per heavy atom. The van der Waals surface area contributed by atoms with E-state index in [-0.39, 0.29) is 11.8 Å². The summed E-state index contributed by atoms with van der Waals surface area (Å²) in [6, 6.07) is 7.47. The molecular weight excluding hydrogens is 252 g/mol. The van der Waals surface area contributed by atoms with Gasteiger partial charge in [-0.2, -0.15) is 0 Å². The number of hydrogen-bond donors (Lipinski definition) is 1. The van der Waals surface area contributed by atoms with Crippen LogP contribution in [0.15, 0.2) is 24.3 Å². The van der Waals surface area contributed by atoms with Gasteiger partial charge in [0.1, 0.15) is 0 Å². The maximum absolute atomic E-state index is 12.5. The summed E-state index contributed by atoms with van der Waals surface area (Å²) in [5.74, 6) is -0.0978. The van der Waals surface area contributed by atoms with Crippen molar-refractivity contribution in [1.29, 1.82) is 0 Å². The van der Waals surface area contributed by atoms with Gasteiger partial charge in [-0.25, -0.2) is 0 Å². The molecule has 1 aromatic carbocycles. The zero-order valence-electron chi connectivity index (χ0n) is 12.2. The van der Waals surface area contributed by atoms with Crippen LogP contribution in [-0.4, -0.2) is 29.8 Å². The summed E-state index contributed by atoms with van der Waals surface area (Å²) >= 11 is 0. The predicted octanol–water partition coefficient (Wildman–Crippen LogP) is 3.05. The molecule has 1 saturated carbocycles. The highest BCUT2D eigenvalue weighted by Gasteiger charge is 2.23. The van der Waals surface area contributed by atoms with Gasteiger partial charge in [0, 0.05) is 31.3 Å². The van der Waals surface area contributed by atoms with Crippen LogP contribution < -0.4 is 5.32 Å². The molecule has 4 heteroatoms. The summed E-state index contributed by atoms with van der Waals surface area (Å²) in [7, 11) is 1.88. The van der Waals surface area contributed by atoms with E-state index < -0.39 is 0 Å². The Bertz CT molecular complexity index is 493. The van der Waals surface area contributed by atoms with E-state index in [0.29, 0.717) is 17.3 Å². The van der Waals surface area contributed by atoms with Crippen LogP contribution in [0.2, 0.25) is 0 Å². The van der Waals surface area contributed by atoms with Gasteiger partial charge in [-0.05, 0) is 31.0 Å². The summed E-state index contributed by atoms with van der Waals surface area (Å²) < 4.78 is 0. The van der Waals surface area contributed by atoms with Gasteiger partial charge in [0.2, 0.25) is 5.91 Å². The van der Waals surface area contributed by atoms with E-state index in [1.807, 2.05) is 11.9 Å². The van der Waals surface area contributed by atoms with Crippen LogP contribution in [0, 0.1) is 0 Å². The Hall–Kier alpha value is -1.84. The van der Waals surface area contributed by atoms with Crippen molar-refractivity contribution in [1.82, 2.24) is 4.90 Å². The van der Waals surface area contributed by atoms with Crippen LogP contribution >= 0.6 is 0 Å². The van der Waals surface area contributed by atoms with Crippen molar-refractivity contribution in [2.24, 2.45) is 0 Å². The Balaban J connectivity index is 2.09. The SMILES string of the molecule is CC(=O)Nc1cccc(C(=O)N(C)C2CCCCC2)c1. The standard InChI is InChI=1S/C16H22N2O2/c1-12(19)17-14-8-6-7-13(11-14)16(20)18(2)15-9-4-3-5-10-15/h6-8,11,15H,3-5,9-10H2,1-2H3,(H,17,19). The Morgan fingerprint density at radius 2 is 1.90 bits per heavy atom. The third-order valence-electron chi connectivity index (χ3n) is 3.87. The lowest BCUT2D eigenvalue weighted by atomic mass is 9.94. The van der Waals surface area contributed by atoms with Crippen molar-refractivity contribution in [3.05, 3.63) is 29.8 Å². The molecule has 0 heterocycles. The van der Waals surface area contributed by atoms with Gasteiger partial charge in [0.25, 0.3) is 5.91 Å². The summed E-state index contributed by atoms with van der Waals surface area (Å²) in [5.41, 5.74) is 1.30. The molecule has 4 nitrogen and oxygen atoms in total. The van der Waals surface area contributed by atoms with E-state index in [0.717, 1.165) is 12.8 Å². The second kappa shape index (κ2) is 6.55. The molecule has 2 rings (SSSR count). The number of hydrogen-bond acceptors (Lipinski definition) is 2. The summed E-state index contributed by atoms with van der Waals surface area (Å²) in [4.78, 5) is 25.4. The first-order valence-electron chi connectivity index (χ1n) is 7.23. The molecule has 108 valence electrons. The van der Waals surface area contributed by atoms with Gasteiger partial charge in [-0.3, -0.25) is 9.59 Å². The van der Waals surface area contributed by atoms with Gasteiger partial charge in [-0.1, -0.05) is 25.3 Å². The van der Waals surface area contributed by atoms with Crippen LogP contribution in [-0.2, 0) is 4.79 Å². The molecule has 2 amide bonds. The molecule has 1 aliphatic carbocycles. The minimum atomic E-state index is -0.129. The van der Waals surface area contributed by atoms with Crippen LogP contribution in [0.5, 0.6) is 0 Å². The summed E-state index contributed by atoms with van der Waals surface area (Å²) in [6.07, 6.45) is 5.86. The number of carbonyl (C=O) groups excluding carboxylic acids is 2. The zero-order valence-corrected chi connectivity index (χ0v) is 12.2. The van der Waals surface area contributed by atoms with Crippen LogP contribution in [0.4, 0.5) is 5.69 Å². The second-order valence-electron chi connectivity index (χ2n) is 5.47. The average molecular weight is 274 g/mol. The number of anilines is 1. The van der Waals surface area contributed by atoms with Crippen molar-refractivity contribution in [2.75, 3.05) is 12.4 Å². The summed E-state index contributed by atoms with van der Waals surface area (Å²) in [6.45, 7) is 1.46. The van der Waals surface area contributed by atoms with Gasteiger partial charge in [0.15, 0.2) is 0 Å². The van der Waals surface area contributed by atoms with Crippen molar-refractivity contribution >= 4 is 17.5 Å². The Morgan fingerprint density at radius 1 is 1.20 bits per heavy atom. The van der Waals surface area contributed by atoms with Gasteiger partial charge in [-0.15, -0.1) is 0 Å². The van der Waals surface area contributed by atoms with Crippen LogP contribution in [0.1, 0.15) is 49.4 Å². The molecule has 0 unspecified atom stereocenters. The van der Waals surface area contributed by atoms with Gasteiger partial charge < -0.3 is 10.2 Å². The molecule has 0 spiro atoms. The Labute approximate surface area is 120 Å². The van der Waals surface area contributed by atoms with Gasteiger partial charge >= 0.3 is 0 Å². The van der Waals surface area contributed by atoms with Crippen molar-refractivity contribution < 1.29 is 9.59 Å². The van der Waals surface area contributed by atoms with Crippen LogP contribution in [0.25, 0.3) is 0 Å². The summed E-state index contributed by atoms with van der Waals surface area (Å²) in [5, 5.41) is 2.71. The minimum absolute atomic E-state index is 0.0316. The normalized spacial score (nSPS) is 15.7. The number of carbonyl (C=O) groups is 2. The van der Waals surface area contributed by atoms with E-state index in [1.54, 1.807) is 24.3 Å². The Kier molecular flexibility index (Phi) is 4.77. The molecular formula is C16H22N2O2. The molecule has 20 heavy (non-hydrogen) atoms. The highest BCUT2D eigenvalue weighted by atomic mass is 16.2.